The van der Waals surface area contributed by atoms with Crippen molar-refractivity contribution in [1.29, 1.82) is 0 Å². The lowest BCUT2D eigenvalue weighted by atomic mass is 10.2. The van der Waals surface area contributed by atoms with Gasteiger partial charge < -0.3 is 20.5 Å². The fourth-order valence-electron chi connectivity index (χ4n) is 1.56. The summed E-state index contributed by atoms with van der Waals surface area (Å²) in [6.45, 7) is 3.65. The molecule has 0 aliphatic rings. The lowest BCUT2D eigenvalue weighted by Gasteiger charge is -2.13. The van der Waals surface area contributed by atoms with Crippen molar-refractivity contribution in [3.05, 3.63) is 24.0 Å². The number of hydrogen-bond acceptors (Lipinski definition) is 3. The van der Waals surface area contributed by atoms with Crippen molar-refractivity contribution in [2.75, 3.05) is 11.9 Å². The van der Waals surface area contributed by atoms with Crippen LogP contribution < -0.4 is 15.4 Å². The predicted molar refractivity (Wildman–Crippen MR) is 71.4 cm³/mol. The van der Waals surface area contributed by atoms with Gasteiger partial charge in [0.15, 0.2) is 11.6 Å². The molecule has 1 atom stereocenters. The Morgan fingerprint density at radius 2 is 2.15 bits per heavy atom. The van der Waals surface area contributed by atoms with Crippen LogP contribution in [-0.2, 0) is 4.79 Å². The van der Waals surface area contributed by atoms with Gasteiger partial charge in [-0.15, -0.1) is 0 Å². The average Bonchev–Trinajstić information content (AvgIpc) is 2.31. The summed E-state index contributed by atoms with van der Waals surface area (Å²) in [5.41, 5.74) is 0.256. The second-order valence-electron chi connectivity index (χ2n) is 4.18. The number of anilines is 1. The highest BCUT2D eigenvalue weighted by Crippen LogP contribution is 2.21. The van der Waals surface area contributed by atoms with Crippen molar-refractivity contribution in [3.63, 3.8) is 0 Å². The minimum atomic E-state index is -1.01. The number of aliphatic carboxylic acids is 1. The largest absolute Gasteiger partial charge is 0.491 e. The molecular formula is C13H17FN2O4. The summed E-state index contributed by atoms with van der Waals surface area (Å²) in [4.78, 5) is 22.0. The Kier molecular flexibility index (Phi) is 5.76. The number of carbonyl (C=O) groups excluding carboxylic acids is 1. The van der Waals surface area contributed by atoms with E-state index in [9.17, 15) is 14.0 Å². The molecule has 0 saturated carbocycles. The van der Waals surface area contributed by atoms with E-state index in [1.54, 1.807) is 13.8 Å². The first-order chi connectivity index (χ1) is 9.42. The van der Waals surface area contributed by atoms with E-state index < -0.39 is 23.9 Å². The Labute approximate surface area is 115 Å². The molecule has 1 aromatic carbocycles. The SMILES string of the molecule is CCOc1ccc(NC(=O)NC(C)CC(=O)O)cc1F. The highest BCUT2D eigenvalue weighted by Gasteiger charge is 2.12. The van der Waals surface area contributed by atoms with Gasteiger partial charge in [0, 0.05) is 17.8 Å². The van der Waals surface area contributed by atoms with Crippen LogP contribution in [0.3, 0.4) is 0 Å². The lowest BCUT2D eigenvalue weighted by Crippen LogP contribution is -2.37. The van der Waals surface area contributed by atoms with E-state index >= 15 is 0 Å². The number of rotatable bonds is 6. The van der Waals surface area contributed by atoms with Gasteiger partial charge in [-0.1, -0.05) is 0 Å². The molecule has 110 valence electrons. The van der Waals surface area contributed by atoms with Crippen molar-refractivity contribution in [1.82, 2.24) is 5.32 Å². The van der Waals surface area contributed by atoms with Gasteiger partial charge in [-0.05, 0) is 26.0 Å². The molecule has 0 bridgehead atoms. The van der Waals surface area contributed by atoms with Gasteiger partial charge in [0.25, 0.3) is 0 Å². The fourth-order valence-corrected chi connectivity index (χ4v) is 1.56. The molecule has 0 aliphatic heterocycles. The summed E-state index contributed by atoms with van der Waals surface area (Å²) in [6, 6.07) is 2.92. The maximum Gasteiger partial charge on any atom is 0.319 e. The lowest BCUT2D eigenvalue weighted by molar-refractivity contribution is -0.137. The fraction of sp³-hybridized carbons (Fsp3) is 0.385. The Hall–Kier alpha value is -2.31. The van der Waals surface area contributed by atoms with Crippen molar-refractivity contribution in [2.24, 2.45) is 0 Å². The normalized spacial score (nSPS) is 11.6. The third-order valence-corrected chi connectivity index (χ3v) is 2.35. The number of ether oxygens (including phenoxy) is 1. The molecule has 0 fully saturated rings. The van der Waals surface area contributed by atoms with Gasteiger partial charge in [-0.2, -0.15) is 0 Å². The number of hydrogen-bond donors (Lipinski definition) is 3. The molecule has 1 rings (SSSR count). The monoisotopic (exact) mass is 284 g/mol. The van der Waals surface area contributed by atoms with Crippen LogP contribution in [0.1, 0.15) is 20.3 Å². The zero-order chi connectivity index (χ0) is 15.1. The number of amides is 2. The molecule has 0 heterocycles. The van der Waals surface area contributed by atoms with E-state index in [1.807, 2.05) is 0 Å². The first-order valence-corrected chi connectivity index (χ1v) is 6.14. The molecule has 3 N–H and O–H groups in total. The van der Waals surface area contributed by atoms with Crippen molar-refractivity contribution in [2.45, 2.75) is 26.3 Å². The van der Waals surface area contributed by atoms with Crippen LogP contribution in [0.5, 0.6) is 5.75 Å². The molecule has 7 heteroatoms. The average molecular weight is 284 g/mol. The Balaban J connectivity index is 2.58. The molecule has 0 radical (unpaired) electrons. The molecule has 2 amide bonds. The highest BCUT2D eigenvalue weighted by atomic mass is 19.1. The van der Waals surface area contributed by atoms with E-state index in [-0.39, 0.29) is 17.9 Å². The number of urea groups is 1. The minimum absolute atomic E-state index is 0.109. The summed E-state index contributed by atoms with van der Waals surface area (Å²) in [5.74, 6) is -1.48. The standard InChI is InChI=1S/C13H17FN2O4/c1-3-20-11-5-4-9(7-10(11)14)16-13(19)15-8(2)6-12(17)18/h4-5,7-8H,3,6H2,1-2H3,(H,17,18)(H2,15,16,19). The second-order valence-corrected chi connectivity index (χ2v) is 4.18. The first-order valence-electron chi connectivity index (χ1n) is 6.14. The van der Waals surface area contributed by atoms with Gasteiger partial charge in [0.1, 0.15) is 0 Å². The first kappa shape index (κ1) is 15.7. The maximum atomic E-state index is 13.5. The number of carboxylic acid groups (broad SMARTS) is 1. The van der Waals surface area contributed by atoms with Crippen LogP contribution in [0, 0.1) is 5.82 Å². The number of nitrogens with one attached hydrogen (secondary N) is 2. The molecule has 20 heavy (non-hydrogen) atoms. The molecule has 6 nitrogen and oxygen atoms in total. The van der Waals surface area contributed by atoms with Crippen LogP contribution in [0.4, 0.5) is 14.9 Å². The van der Waals surface area contributed by atoms with E-state index in [0.717, 1.165) is 6.07 Å². The Bertz CT molecular complexity index is 493. The van der Waals surface area contributed by atoms with E-state index in [0.29, 0.717) is 6.61 Å². The third kappa shape index (κ3) is 5.13. The van der Waals surface area contributed by atoms with E-state index in [4.69, 9.17) is 9.84 Å². The summed E-state index contributed by atoms with van der Waals surface area (Å²) in [6.07, 6.45) is -0.189. The van der Waals surface area contributed by atoms with Crippen molar-refractivity contribution < 1.29 is 23.8 Å². The van der Waals surface area contributed by atoms with E-state index in [2.05, 4.69) is 10.6 Å². The smallest absolute Gasteiger partial charge is 0.319 e. The quantitative estimate of drug-likeness (QED) is 0.747. The van der Waals surface area contributed by atoms with Crippen LogP contribution in [0.2, 0.25) is 0 Å². The molecule has 0 saturated heterocycles. The zero-order valence-corrected chi connectivity index (χ0v) is 11.3. The zero-order valence-electron chi connectivity index (χ0n) is 11.3. The molecule has 0 aromatic heterocycles. The Morgan fingerprint density at radius 1 is 1.45 bits per heavy atom. The second kappa shape index (κ2) is 7.32. The summed E-state index contributed by atoms with van der Waals surface area (Å²) >= 11 is 0. The van der Waals surface area contributed by atoms with Crippen LogP contribution in [-0.4, -0.2) is 29.8 Å². The van der Waals surface area contributed by atoms with Gasteiger partial charge >= 0.3 is 12.0 Å². The van der Waals surface area contributed by atoms with Crippen molar-refractivity contribution >= 4 is 17.7 Å². The number of carboxylic acids is 1. The molecule has 0 spiro atoms. The molecule has 0 aliphatic carbocycles. The Morgan fingerprint density at radius 3 is 2.70 bits per heavy atom. The molecule has 1 unspecified atom stereocenters. The maximum absolute atomic E-state index is 13.5. The van der Waals surface area contributed by atoms with Crippen molar-refractivity contribution in [3.8, 4) is 5.75 Å². The van der Waals surface area contributed by atoms with Crippen LogP contribution >= 0.6 is 0 Å². The highest BCUT2D eigenvalue weighted by molar-refractivity contribution is 5.89. The third-order valence-electron chi connectivity index (χ3n) is 2.35. The van der Waals surface area contributed by atoms with Crippen LogP contribution in [0.15, 0.2) is 18.2 Å². The topological polar surface area (TPSA) is 87.7 Å². The summed E-state index contributed by atoms with van der Waals surface area (Å²) in [7, 11) is 0. The number of halogens is 1. The molecule has 1 aromatic rings. The number of carbonyl (C=O) groups is 2. The van der Waals surface area contributed by atoms with Gasteiger partial charge in [0.05, 0.1) is 13.0 Å². The summed E-state index contributed by atoms with van der Waals surface area (Å²) in [5, 5.41) is 13.4. The predicted octanol–water partition coefficient (Wildman–Crippen LogP) is 2.21. The van der Waals surface area contributed by atoms with Gasteiger partial charge in [-0.3, -0.25) is 4.79 Å². The summed E-state index contributed by atoms with van der Waals surface area (Å²) < 4.78 is 18.6. The van der Waals surface area contributed by atoms with Crippen LogP contribution in [0.25, 0.3) is 0 Å². The van der Waals surface area contributed by atoms with E-state index in [1.165, 1.54) is 12.1 Å². The van der Waals surface area contributed by atoms with Gasteiger partial charge in [-0.25, -0.2) is 9.18 Å². The minimum Gasteiger partial charge on any atom is -0.491 e. The number of benzene rings is 1. The van der Waals surface area contributed by atoms with Gasteiger partial charge in [0.2, 0.25) is 0 Å². The molecular weight excluding hydrogens is 267 g/mol.